The molecule has 30 heavy (non-hydrogen) atoms. The Morgan fingerprint density at radius 3 is 2.57 bits per heavy atom. The summed E-state index contributed by atoms with van der Waals surface area (Å²) < 4.78 is 0. The van der Waals surface area contributed by atoms with E-state index in [0.29, 0.717) is 13.0 Å². The van der Waals surface area contributed by atoms with E-state index in [1.807, 2.05) is 58.7 Å². The van der Waals surface area contributed by atoms with Gasteiger partial charge in [0.2, 0.25) is 5.91 Å². The quantitative estimate of drug-likeness (QED) is 0.853. The summed E-state index contributed by atoms with van der Waals surface area (Å²) in [5, 5.41) is 1.94. The molecule has 2 atom stereocenters. The Morgan fingerprint density at radius 1 is 1.03 bits per heavy atom. The number of nitrogens with zero attached hydrogens (tertiary/aromatic N) is 3. The molecule has 2 unspecified atom stereocenters. The summed E-state index contributed by atoms with van der Waals surface area (Å²) >= 11 is 0. The highest BCUT2D eigenvalue weighted by atomic mass is 16.2. The highest BCUT2D eigenvalue weighted by Crippen LogP contribution is 2.32. The summed E-state index contributed by atoms with van der Waals surface area (Å²) in [4.78, 5) is 28.7. The van der Waals surface area contributed by atoms with Gasteiger partial charge in [0.15, 0.2) is 0 Å². The van der Waals surface area contributed by atoms with Crippen molar-refractivity contribution in [1.82, 2.24) is 15.3 Å². The van der Waals surface area contributed by atoms with Gasteiger partial charge in [0, 0.05) is 31.1 Å². The number of benzene rings is 2. The molecular weight excluding hydrogens is 376 g/mol. The van der Waals surface area contributed by atoms with Crippen molar-refractivity contribution in [3.63, 3.8) is 0 Å². The first-order valence-electron chi connectivity index (χ1n) is 10.6. The third-order valence-corrected chi connectivity index (χ3v) is 6.31. The van der Waals surface area contributed by atoms with Crippen LogP contribution in [0.15, 0.2) is 60.9 Å². The first-order valence-corrected chi connectivity index (χ1v) is 10.6. The minimum absolute atomic E-state index is 0.111. The molecule has 2 fully saturated rings. The van der Waals surface area contributed by atoms with Gasteiger partial charge in [-0.3, -0.25) is 9.59 Å². The third-order valence-electron chi connectivity index (χ3n) is 6.31. The van der Waals surface area contributed by atoms with Crippen LogP contribution in [0.25, 0.3) is 0 Å². The number of anilines is 1. The van der Waals surface area contributed by atoms with Crippen molar-refractivity contribution in [3.05, 3.63) is 77.6 Å². The summed E-state index contributed by atoms with van der Waals surface area (Å²) in [5.74, 6) is 0.300. The van der Waals surface area contributed by atoms with Crippen molar-refractivity contribution >= 4 is 17.5 Å². The lowest BCUT2D eigenvalue weighted by Gasteiger charge is -2.32. The second kappa shape index (κ2) is 7.61. The van der Waals surface area contributed by atoms with E-state index in [1.165, 1.54) is 11.1 Å². The molecule has 6 nitrogen and oxygen atoms in total. The molecule has 154 valence electrons. The van der Waals surface area contributed by atoms with Crippen molar-refractivity contribution in [2.45, 2.75) is 44.8 Å². The molecule has 0 aromatic heterocycles. The van der Waals surface area contributed by atoms with Gasteiger partial charge in [0.1, 0.15) is 6.04 Å². The summed E-state index contributed by atoms with van der Waals surface area (Å²) in [6, 6.07) is 16.3. The molecule has 2 saturated heterocycles. The van der Waals surface area contributed by atoms with E-state index >= 15 is 0 Å². The van der Waals surface area contributed by atoms with Crippen LogP contribution in [-0.4, -0.2) is 34.3 Å². The molecule has 0 bridgehead atoms. The number of rotatable bonds is 4. The standard InChI is InChI=1S/C24H26N4O2/c1-17-5-2-3-6-20(17)21-15-22-24(30)26(13-14-28(22)25-21)16-18-8-10-19(11-9-18)27-12-4-7-23(27)29/h2-3,5-6,8-11,13-14,21-22,25H,4,7,12,15-16H2,1H3. The van der Waals surface area contributed by atoms with E-state index in [0.717, 1.165) is 30.6 Å². The highest BCUT2D eigenvalue weighted by Gasteiger charge is 2.40. The van der Waals surface area contributed by atoms with E-state index in [4.69, 9.17) is 0 Å². The summed E-state index contributed by atoms with van der Waals surface area (Å²) in [7, 11) is 0. The van der Waals surface area contributed by atoms with Crippen LogP contribution in [0.5, 0.6) is 0 Å². The van der Waals surface area contributed by atoms with Crippen LogP contribution in [-0.2, 0) is 16.1 Å². The monoisotopic (exact) mass is 402 g/mol. The number of carbonyl (C=O) groups excluding carboxylic acids is 2. The Kier molecular flexibility index (Phi) is 4.79. The largest absolute Gasteiger partial charge is 0.312 e. The zero-order chi connectivity index (χ0) is 20.7. The Labute approximate surface area is 176 Å². The lowest BCUT2D eigenvalue weighted by atomic mass is 9.97. The lowest BCUT2D eigenvalue weighted by Crippen LogP contribution is -2.47. The van der Waals surface area contributed by atoms with Gasteiger partial charge in [-0.2, -0.15) is 0 Å². The molecule has 2 aromatic rings. The molecule has 0 saturated carbocycles. The Hall–Kier alpha value is -3.12. The van der Waals surface area contributed by atoms with E-state index in [2.05, 4.69) is 24.5 Å². The summed E-state index contributed by atoms with van der Waals surface area (Å²) in [6.45, 7) is 3.43. The number of aryl methyl sites for hydroxylation is 1. The normalized spacial score (nSPS) is 23.4. The molecule has 2 aromatic carbocycles. The Bertz CT molecular complexity index is 1000. The Balaban J connectivity index is 1.27. The maximum absolute atomic E-state index is 13.1. The van der Waals surface area contributed by atoms with Crippen LogP contribution in [0.2, 0.25) is 0 Å². The van der Waals surface area contributed by atoms with Crippen LogP contribution in [0.1, 0.15) is 42.0 Å². The van der Waals surface area contributed by atoms with E-state index < -0.39 is 0 Å². The number of amides is 2. The van der Waals surface area contributed by atoms with Gasteiger partial charge in [-0.15, -0.1) is 0 Å². The fourth-order valence-corrected chi connectivity index (χ4v) is 4.65. The maximum atomic E-state index is 13.1. The predicted octanol–water partition coefficient (Wildman–Crippen LogP) is 3.26. The van der Waals surface area contributed by atoms with Crippen LogP contribution >= 0.6 is 0 Å². The van der Waals surface area contributed by atoms with Crippen molar-refractivity contribution in [3.8, 4) is 0 Å². The van der Waals surface area contributed by atoms with E-state index in [-0.39, 0.29) is 23.9 Å². The van der Waals surface area contributed by atoms with Gasteiger partial charge in [-0.05, 0) is 48.6 Å². The number of hydrogen-bond acceptors (Lipinski definition) is 4. The topological polar surface area (TPSA) is 55.9 Å². The van der Waals surface area contributed by atoms with E-state index in [9.17, 15) is 9.59 Å². The second-order valence-electron chi connectivity index (χ2n) is 8.28. The Morgan fingerprint density at radius 2 is 1.83 bits per heavy atom. The zero-order valence-electron chi connectivity index (χ0n) is 17.1. The maximum Gasteiger partial charge on any atom is 0.251 e. The molecule has 3 aliphatic heterocycles. The average Bonchev–Trinajstić information content (AvgIpc) is 3.38. The van der Waals surface area contributed by atoms with Gasteiger partial charge in [0.25, 0.3) is 5.91 Å². The first-order chi connectivity index (χ1) is 14.6. The highest BCUT2D eigenvalue weighted by molar-refractivity contribution is 5.95. The molecule has 6 heteroatoms. The van der Waals surface area contributed by atoms with Gasteiger partial charge < -0.3 is 14.8 Å². The van der Waals surface area contributed by atoms with Crippen molar-refractivity contribution in [2.24, 2.45) is 0 Å². The van der Waals surface area contributed by atoms with Gasteiger partial charge in [0.05, 0.1) is 12.6 Å². The molecule has 1 N–H and O–H groups in total. The summed E-state index contributed by atoms with van der Waals surface area (Å²) in [5.41, 5.74) is 7.94. The van der Waals surface area contributed by atoms with Crippen molar-refractivity contribution in [1.29, 1.82) is 0 Å². The lowest BCUT2D eigenvalue weighted by molar-refractivity contribution is -0.135. The number of nitrogens with one attached hydrogen (secondary N) is 1. The number of carbonyl (C=O) groups is 2. The van der Waals surface area contributed by atoms with Crippen LogP contribution < -0.4 is 10.3 Å². The first kappa shape index (κ1) is 18.9. The SMILES string of the molecule is Cc1ccccc1C1CC2C(=O)N(Cc3ccc(N4CCCC4=O)cc3)C=CN2N1. The number of hydrogen-bond donors (Lipinski definition) is 1. The van der Waals surface area contributed by atoms with Crippen LogP contribution in [0.4, 0.5) is 5.69 Å². The van der Waals surface area contributed by atoms with Crippen molar-refractivity contribution < 1.29 is 9.59 Å². The molecule has 3 heterocycles. The summed E-state index contributed by atoms with van der Waals surface area (Å²) in [6.07, 6.45) is 6.11. The predicted molar refractivity (Wildman–Crippen MR) is 115 cm³/mol. The molecule has 0 aliphatic carbocycles. The van der Waals surface area contributed by atoms with E-state index in [1.54, 1.807) is 4.90 Å². The number of fused-ring (bicyclic) bond motifs is 1. The molecule has 0 radical (unpaired) electrons. The fraction of sp³-hybridized carbons (Fsp3) is 0.333. The minimum Gasteiger partial charge on any atom is -0.312 e. The van der Waals surface area contributed by atoms with Gasteiger partial charge in [-0.25, -0.2) is 5.43 Å². The van der Waals surface area contributed by atoms with Gasteiger partial charge in [-0.1, -0.05) is 36.4 Å². The smallest absolute Gasteiger partial charge is 0.251 e. The number of hydrazine groups is 1. The van der Waals surface area contributed by atoms with Crippen molar-refractivity contribution in [2.75, 3.05) is 11.4 Å². The zero-order valence-corrected chi connectivity index (χ0v) is 17.1. The molecule has 2 amide bonds. The van der Waals surface area contributed by atoms with Crippen LogP contribution in [0, 0.1) is 6.92 Å². The molecule has 5 rings (SSSR count). The molecular formula is C24H26N4O2. The average molecular weight is 402 g/mol. The molecule has 3 aliphatic rings. The minimum atomic E-state index is -0.193. The second-order valence-corrected chi connectivity index (χ2v) is 8.28. The molecule has 0 spiro atoms. The van der Waals surface area contributed by atoms with Crippen LogP contribution in [0.3, 0.4) is 0 Å². The fourth-order valence-electron chi connectivity index (χ4n) is 4.65. The third kappa shape index (κ3) is 3.37. The van der Waals surface area contributed by atoms with Gasteiger partial charge >= 0.3 is 0 Å².